The maximum Gasteiger partial charge on any atom is 0.324 e. The van der Waals surface area contributed by atoms with Gasteiger partial charge in [0.25, 0.3) is 0 Å². The molecule has 72 valence electrons. The number of allylic oxidation sites excluding steroid dienone is 1. The maximum absolute atomic E-state index is 10.6. The van der Waals surface area contributed by atoms with E-state index in [1.807, 2.05) is 0 Å². The summed E-state index contributed by atoms with van der Waals surface area (Å²) in [7, 11) is 3.40. The van der Waals surface area contributed by atoms with Gasteiger partial charge in [-0.2, -0.15) is 0 Å². The van der Waals surface area contributed by atoms with Crippen LogP contribution in [0, 0.1) is 0 Å². The molecule has 0 aromatic carbocycles. The molecule has 0 fully saturated rings. The zero-order valence-electron chi connectivity index (χ0n) is 7.84. The van der Waals surface area contributed by atoms with Crippen LogP contribution in [0.3, 0.4) is 0 Å². The summed E-state index contributed by atoms with van der Waals surface area (Å²) < 4.78 is 0. The summed E-state index contributed by atoms with van der Waals surface area (Å²) in [6, 6.07) is -0.615. The summed E-state index contributed by atoms with van der Waals surface area (Å²) in [5.74, 6) is -0.881. The van der Waals surface area contributed by atoms with Crippen molar-refractivity contribution in [3.8, 4) is 0 Å². The minimum Gasteiger partial charge on any atom is -0.480 e. The molecule has 0 heterocycles. The minimum atomic E-state index is -0.881. The van der Waals surface area contributed by atoms with E-state index in [4.69, 9.17) is 5.11 Å². The Bertz CT molecular complexity index is 232. The highest BCUT2D eigenvalue weighted by Gasteiger charge is 2.14. The Kier molecular flexibility index (Phi) is 5.47. The topological polar surface area (TPSA) is 52.9 Å². The number of hydrogen-bond donors (Lipinski definition) is 1. The lowest BCUT2D eigenvalue weighted by Gasteiger charge is -2.15. The van der Waals surface area contributed by atoms with Crippen LogP contribution in [0.15, 0.2) is 29.9 Å². The summed E-state index contributed by atoms with van der Waals surface area (Å²) in [5, 5.41) is 8.74. The van der Waals surface area contributed by atoms with Crippen molar-refractivity contribution in [2.24, 2.45) is 4.99 Å². The van der Waals surface area contributed by atoms with Gasteiger partial charge in [0.05, 0.1) is 0 Å². The van der Waals surface area contributed by atoms with Crippen LogP contribution in [0.5, 0.6) is 0 Å². The number of hydrogen-bond acceptors (Lipinski definition) is 3. The number of aliphatic imine (C=N–C) groups is 1. The number of carbonyl (C=O) groups is 1. The van der Waals surface area contributed by atoms with E-state index in [1.165, 1.54) is 12.4 Å². The van der Waals surface area contributed by atoms with Crippen LogP contribution >= 0.6 is 0 Å². The van der Waals surface area contributed by atoms with Gasteiger partial charge < -0.3 is 5.11 Å². The smallest absolute Gasteiger partial charge is 0.324 e. The Morgan fingerprint density at radius 2 is 2.23 bits per heavy atom. The second-order valence-corrected chi connectivity index (χ2v) is 2.61. The van der Waals surface area contributed by atoms with E-state index < -0.39 is 12.0 Å². The minimum absolute atomic E-state index is 0.615. The molecule has 1 atom stereocenters. The third-order valence-corrected chi connectivity index (χ3v) is 1.38. The van der Waals surface area contributed by atoms with E-state index in [2.05, 4.69) is 11.6 Å². The number of nitrogens with zero attached hydrogens (tertiary/aromatic N) is 2. The summed E-state index contributed by atoms with van der Waals surface area (Å²) in [4.78, 5) is 15.9. The molecule has 0 bridgehead atoms. The number of rotatable bonds is 5. The summed E-state index contributed by atoms with van der Waals surface area (Å²) in [6.45, 7) is 3.39. The summed E-state index contributed by atoms with van der Waals surface area (Å²) >= 11 is 0. The molecule has 0 rings (SSSR count). The fraction of sp³-hybridized carbons (Fsp3) is 0.333. The van der Waals surface area contributed by atoms with E-state index in [1.54, 1.807) is 31.1 Å². The van der Waals surface area contributed by atoms with Crippen LogP contribution in [0.4, 0.5) is 0 Å². The van der Waals surface area contributed by atoms with Gasteiger partial charge in [-0.05, 0) is 20.2 Å². The second-order valence-electron chi connectivity index (χ2n) is 2.61. The molecule has 0 saturated carbocycles. The predicted molar refractivity (Wildman–Crippen MR) is 52.9 cm³/mol. The lowest BCUT2D eigenvalue weighted by Crippen LogP contribution is -2.33. The molecule has 0 spiro atoms. The van der Waals surface area contributed by atoms with Crippen molar-refractivity contribution < 1.29 is 9.90 Å². The van der Waals surface area contributed by atoms with Gasteiger partial charge in [-0.25, -0.2) is 0 Å². The van der Waals surface area contributed by atoms with Gasteiger partial charge in [-0.15, -0.1) is 0 Å². The van der Waals surface area contributed by atoms with Crippen molar-refractivity contribution in [3.63, 3.8) is 0 Å². The molecule has 1 unspecified atom stereocenters. The molecule has 0 saturated heterocycles. The largest absolute Gasteiger partial charge is 0.480 e. The summed E-state index contributed by atoms with van der Waals surface area (Å²) in [6.07, 6.45) is 6.01. The highest BCUT2D eigenvalue weighted by Crippen LogP contribution is 1.94. The fourth-order valence-electron chi connectivity index (χ4n) is 0.741. The molecular formula is C9H14N2O2. The Labute approximate surface area is 77.9 Å². The predicted octanol–water partition coefficient (Wildman–Crippen LogP) is 0.772. The van der Waals surface area contributed by atoms with Crippen molar-refractivity contribution in [3.05, 3.63) is 24.9 Å². The lowest BCUT2D eigenvalue weighted by atomic mass is 10.2. The Balaban J connectivity index is 4.25. The van der Waals surface area contributed by atoms with Gasteiger partial charge in [0, 0.05) is 12.4 Å². The number of likely N-dealkylation sites (N-methyl/N-ethyl adjacent to an activating group) is 1. The normalized spacial score (nSPS) is 14.1. The van der Waals surface area contributed by atoms with E-state index in [-0.39, 0.29) is 0 Å². The van der Waals surface area contributed by atoms with E-state index in [0.29, 0.717) is 0 Å². The molecule has 0 amide bonds. The van der Waals surface area contributed by atoms with Crippen LogP contribution in [-0.2, 0) is 4.79 Å². The van der Waals surface area contributed by atoms with Crippen LogP contribution in [0.2, 0.25) is 0 Å². The van der Waals surface area contributed by atoms with Crippen molar-refractivity contribution in [2.45, 2.75) is 6.04 Å². The van der Waals surface area contributed by atoms with Gasteiger partial charge in [0.2, 0.25) is 0 Å². The molecule has 13 heavy (non-hydrogen) atoms. The SMILES string of the molecule is C=CN=C/C=C/C(C(=O)O)N(C)C. The molecule has 0 aromatic rings. The Hall–Kier alpha value is -1.42. The molecule has 4 heteroatoms. The molecule has 0 radical (unpaired) electrons. The van der Waals surface area contributed by atoms with E-state index in [0.717, 1.165) is 0 Å². The van der Waals surface area contributed by atoms with Crippen LogP contribution in [-0.4, -0.2) is 42.3 Å². The maximum atomic E-state index is 10.6. The average molecular weight is 182 g/mol. The number of aliphatic carboxylic acids is 1. The Morgan fingerprint density at radius 1 is 1.62 bits per heavy atom. The fourth-order valence-corrected chi connectivity index (χ4v) is 0.741. The van der Waals surface area contributed by atoms with E-state index >= 15 is 0 Å². The monoisotopic (exact) mass is 182 g/mol. The first-order chi connectivity index (χ1) is 6.09. The molecule has 0 aliphatic heterocycles. The second kappa shape index (κ2) is 6.14. The molecular weight excluding hydrogens is 168 g/mol. The van der Waals surface area contributed by atoms with Crippen molar-refractivity contribution in [1.29, 1.82) is 0 Å². The van der Waals surface area contributed by atoms with Crippen LogP contribution in [0.1, 0.15) is 0 Å². The first-order valence-corrected chi connectivity index (χ1v) is 3.79. The first-order valence-electron chi connectivity index (χ1n) is 3.79. The van der Waals surface area contributed by atoms with Crippen molar-refractivity contribution in [1.82, 2.24) is 4.90 Å². The number of carboxylic acids is 1. The third-order valence-electron chi connectivity index (χ3n) is 1.38. The van der Waals surface area contributed by atoms with Crippen LogP contribution in [0.25, 0.3) is 0 Å². The van der Waals surface area contributed by atoms with Crippen molar-refractivity contribution in [2.75, 3.05) is 14.1 Å². The zero-order chi connectivity index (χ0) is 10.3. The molecule has 1 N–H and O–H groups in total. The highest BCUT2D eigenvalue weighted by atomic mass is 16.4. The quantitative estimate of drug-likeness (QED) is 0.639. The van der Waals surface area contributed by atoms with Crippen molar-refractivity contribution >= 4 is 12.2 Å². The van der Waals surface area contributed by atoms with Gasteiger partial charge in [0.1, 0.15) is 6.04 Å². The Morgan fingerprint density at radius 3 is 2.62 bits per heavy atom. The van der Waals surface area contributed by atoms with Gasteiger partial charge in [-0.3, -0.25) is 14.7 Å². The standard InChI is InChI=1S/C9H14N2O2/c1-4-10-7-5-6-8(9(12)13)11(2)3/h4-8H,1H2,2-3H3,(H,12,13)/b6-5+,10-7?. The molecule has 0 aliphatic rings. The van der Waals surface area contributed by atoms with Gasteiger partial charge in [0.15, 0.2) is 0 Å². The molecule has 0 aromatic heterocycles. The van der Waals surface area contributed by atoms with Crippen LogP contribution < -0.4 is 0 Å². The highest BCUT2D eigenvalue weighted by molar-refractivity contribution is 5.79. The molecule has 4 nitrogen and oxygen atoms in total. The van der Waals surface area contributed by atoms with Gasteiger partial charge in [-0.1, -0.05) is 12.7 Å². The van der Waals surface area contributed by atoms with E-state index in [9.17, 15) is 4.79 Å². The first kappa shape index (κ1) is 11.6. The van der Waals surface area contributed by atoms with Gasteiger partial charge >= 0.3 is 5.97 Å². The lowest BCUT2D eigenvalue weighted by molar-refractivity contribution is -0.140. The zero-order valence-corrected chi connectivity index (χ0v) is 7.84. The number of carboxylic acid groups (broad SMARTS) is 1. The average Bonchev–Trinajstić information content (AvgIpc) is 2.02. The third kappa shape index (κ3) is 4.92. The summed E-state index contributed by atoms with van der Waals surface area (Å²) in [5.41, 5.74) is 0. The molecule has 0 aliphatic carbocycles.